The van der Waals surface area contributed by atoms with Crippen molar-refractivity contribution >= 4 is 49.3 Å². The number of halogens is 1. The van der Waals surface area contributed by atoms with Crippen LogP contribution in [0.15, 0.2) is 77.3 Å². The Hall–Kier alpha value is -3.71. The van der Waals surface area contributed by atoms with E-state index in [1.54, 1.807) is 30.1 Å². The van der Waals surface area contributed by atoms with Crippen LogP contribution in [0.1, 0.15) is 15.9 Å². The third kappa shape index (κ3) is 3.61. The molecule has 0 aliphatic rings. The second-order valence-electron chi connectivity index (χ2n) is 7.45. The van der Waals surface area contributed by atoms with Gasteiger partial charge in [-0.2, -0.15) is 0 Å². The van der Waals surface area contributed by atoms with Crippen molar-refractivity contribution in [2.45, 2.75) is 6.92 Å². The Kier molecular flexibility index (Phi) is 5.11. The van der Waals surface area contributed by atoms with Gasteiger partial charge < -0.3 is 10.1 Å². The molecule has 158 valence electrons. The molecule has 1 N–H and O–H groups in total. The van der Waals surface area contributed by atoms with Gasteiger partial charge in [0.25, 0.3) is 5.91 Å². The monoisotopic (exact) mass is 486 g/mol. The number of methoxy groups -OCH3 is 1. The molecular weight excluding hydrogens is 468 g/mol. The second-order valence-corrected chi connectivity index (χ2v) is 8.30. The standard InChI is InChI=1S/C25H19BrN4O2/c1-15-12-21-22(14-20(15)27-25(31)17-10-11-24(32-2)19(26)13-17)29-30(28-21)23-9-5-7-16-6-3-4-8-18(16)23/h3-14H,1-2H3,(H,27,31). The lowest BCUT2D eigenvalue weighted by molar-refractivity contribution is 0.102. The summed E-state index contributed by atoms with van der Waals surface area (Å²) in [5.74, 6) is 0.460. The summed E-state index contributed by atoms with van der Waals surface area (Å²) in [5, 5.41) is 14.5. The van der Waals surface area contributed by atoms with Crippen molar-refractivity contribution in [2.75, 3.05) is 12.4 Å². The number of rotatable bonds is 4. The van der Waals surface area contributed by atoms with E-state index < -0.39 is 0 Å². The SMILES string of the molecule is COc1ccc(C(=O)Nc2cc3nn(-c4cccc5ccccc45)nc3cc2C)cc1Br. The molecular formula is C25H19BrN4O2. The minimum Gasteiger partial charge on any atom is -0.496 e. The van der Waals surface area contributed by atoms with Gasteiger partial charge in [-0.15, -0.1) is 15.0 Å². The van der Waals surface area contributed by atoms with Gasteiger partial charge in [-0.25, -0.2) is 0 Å². The molecule has 7 heteroatoms. The van der Waals surface area contributed by atoms with Gasteiger partial charge >= 0.3 is 0 Å². The summed E-state index contributed by atoms with van der Waals surface area (Å²) >= 11 is 3.42. The van der Waals surface area contributed by atoms with E-state index in [1.807, 2.05) is 43.3 Å². The Bertz CT molecular complexity index is 1490. The number of nitrogens with one attached hydrogen (secondary N) is 1. The maximum Gasteiger partial charge on any atom is 0.255 e. The molecule has 0 saturated heterocycles. The van der Waals surface area contributed by atoms with Crippen LogP contribution < -0.4 is 10.1 Å². The Morgan fingerprint density at radius 2 is 1.72 bits per heavy atom. The van der Waals surface area contributed by atoms with Crippen molar-refractivity contribution in [1.29, 1.82) is 0 Å². The summed E-state index contributed by atoms with van der Waals surface area (Å²) in [5.41, 5.74) is 4.50. The minimum atomic E-state index is -0.211. The molecule has 0 aliphatic carbocycles. The van der Waals surface area contributed by atoms with Gasteiger partial charge in [0, 0.05) is 16.6 Å². The summed E-state index contributed by atoms with van der Waals surface area (Å²) in [4.78, 5) is 14.5. The summed E-state index contributed by atoms with van der Waals surface area (Å²) in [6, 6.07) is 23.2. The number of carbonyl (C=O) groups is 1. The first-order valence-electron chi connectivity index (χ1n) is 10.0. The van der Waals surface area contributed by atoms with Crippen LogP contribution in [-0.2, 0) is 0 Å². The van der Waals surface area contributed by atoms with E-state index in [0.29, 0.717) is 22.5 Å². The Labute approximate surface area is 192 Å². The van der Waals surface area contributed by atoms with Crippen LogP contribution in [0.4, 0.5) is 5.69 Å². The van der Waals surface area contributed by atoms with Gasteiger partial charge in [0.15, 0.2) is 0 Å². The molecule has 0 bridgehead atoms. The lowest BCUT2D eigenvalue weighted by Gasteiger charge is -2.09. The number of benzene rings is 4. The maximum atomic E-state index is 12.8. The molecule has 0 fully saturated rings. The number of aryl methyl sites for hydroxylation is 1. The predicted molar refractivity (Wildman–Crippen MR) is 130 cm³/mol. The first-order valence-corrected chi connectivity index (χ1v) is 10.8. The van der Waals surface area contributed by atoms with E-state index in [4.69, 9.17) is 4.74 Å². The number of aromatic nitrogens is 3. The number of hydrogen-bond donors (Lipinski definition) is 1. The second kappa shape index (κ2) is 8.09. The van der Waals surface area contributed by atoms with E-state index in [2.05, 4.69) is 49.6 Å². The highest BCUT2D eigenvalue weighted by Crippen LogP contribution is 2.28. The van der Waals surface area contributed by atoms with Crippen LogP contribution in [0, 0.1) is 6.92 Å². The molecule has 4 aromatic carbocycles. The number of ether oxygens (including phenoxy) is 1. The third-order valence-corrected chi connectivity index (χ3v) is 5.99. The molecule has 0 radical (unpaired) electrons. The number of hydrogen-bond acceptors (Lipinski definition) is 4. The van der Waals surface area contributed by atoms with Gasteiger partial charge in [0.2, 0.25) is 0 Å². The molecule has 0 saturated carbocycles. The van der Waals surface area contributed by atoms with Gasteiger partial charge in [-0.1, -0.05) is 36.4 Å². The van der Waals surface area contributed by atoms with Crippen LogP contribution in [0.2, 0.25) is 0 Å². The van der Waals surface area contributed by atoms with Crippen LogP contribution in [0.3, 0.4) is 0 Å². The molecule has 5 rings (SSSR count). The van der Waals surface area contributed by atoms with Crippen molar-refractivity contribution in [3.8, 4) is 11.4 Å². The Morgan fingerprint density at radius 3 is 2.50 bits per heavy atom. The average molecular weight is 487 g/mol. The van der Waals surface area contributed by atoms with E-state index in [0.717, 1.165) is 32.0 Å². The number of anilines is 1. The molecule has 6 nitrogen and oxygen atoms in total. The number of nitrogens with zero attached hydrogens (tertiary/aromatic N) is 3. The zero-order valence-corrected chi connectivity index (χ0v) is 19.1. The molecule has 0 unspecified atom stereocenters. The summed E-state index contributed by atoms with van der Waals surface area (Å²) in [6.07, 6.45) is 0. The largest absolute Gasteiger partial charge is 0.496 e. The van der Waals surface area contributed by atoms with Crippen molar-refractivity contribution in [3.05, 3.63) is 88.4 Å². The zero-order valence-electron chi connectivity index (χ0n) is 17.5. The number of fused-ring (bicyclic) bond motifs is 2. The lowest BCUT2D eigenvalue weighted by atomic mass is 10.1. The molecule has 5 aromatic rings. The zero-order chi connectivity index (χ0) is 22.2. The minimum absolute atomic E-state index is 0.211. The van der Waals surface area contributed by atoms with Gasteiger partial charge in [-0.3, -0.25) is 4.79 Å². The average Bonchev–Trinajstić information content (AvgIpc) is 3.21. The van der Waals surface area contributed by atoms with E-state index in [-0.39, 0.29) is 5.91 Å². The van der Waals surface area contributed by atoms with Crippen LogP contribution >= 0.6 is 15.9 Å². The first kappa shape index (κ1) is 20.2. The van der Waals surface area contributed by atoms with Crippen LogP contribution in [0.5, 0.6) is 5.75 Å². The van der Waals surface area contributed by atoms with E-state index in [1.165, 1.54) is 0 Å². The maximum absolute atomic E-state index is 12.8. The number of carbonyl (C=O) groups excluding carboxylic acids is 1. The van der Waals surface area contributed by atoms with Crippen LogP contribution in [-0.4, -0.2) is 28.0 Å². The highest BCUT2D eigenvalue weighted by atomic mass is 79.9. The third-order valence-electron chi connectivity index (χ3n) is 5.37. The molecule has 1 amide bonds. The Morgan fingerprint density at radius 1 is 0.969 bits per heavy atom. The fraction of sp³-hybridized carbons (Fsp3) is 0.0800. The topological polar surface area (TPSA) is 69.0 Å². The summed E-state index contributed by atoms with van der Waals surface area (Å²) in [7, 11) is 1.59. The normalized spacial score (nSPS) is 11.1. The fourth-order valence-corrected chi connectivity index (χ4v) is 4.24. The summed E-state index contributed by atoms with van der Waals surface area (Å²) in [6.45, 7) is 1.94. The molecule has 1 aromatic heterocycles. The predicted octanol–water partition coefficient (Wildman–Crippen LogP) is 5.91. The molecule has 32 heavy (non-hydrogen) atoms. The summed E-state index contributed by atoms with van der Waals surface area (Å²) < 4.78 is 5.95. The van der Waals surface area contributed by atoms with E-state index >= 15 is 0 Å². The van der Waals surface area contributed by atoms with Gasteiger partial charge in [0.05, 0.1) is 17.3 Å². The van der Waals surface area contributed by atoms with Crippen LogP contribution in [0.25, 0.3) is 27.5 Å². The van der Waals surface area contributed by atoms with Gasteiger partial charge in [0.1, 0.15) is 16.8 Å². The number of amides is 1. The smallest absolute Gasteiger partial charge is 0.255 e. The van der Waals surface area contributed by atoms with E-state index in [9.17, 15) is 4.79 Å². The highest BCUT2D eigenvalue weighted by molar-refractivity contribution is 9.10. The molecule has 0 aliphatic heterocycles. The quantitative estimate of drug-likeness (QED) is 0.343. The van der Waals surface area contributed by atoms with Crippen molar-refractivity contribution < 1.29 is 9.53 Å². The first-order chi connectivity index (χ1) is 15.5. The fourth-order valence-electron chi connectivity index (χ4n) is 3.70. The van der Waals surface area contributed by atoms with Crippen molar-refractivity contribution in [1.82, 2.24) is 15.0 Å². The lowest BCUT2D eigenvalue weighted by Crippen LogP contribution is -2.12. The highest BCUT2D eigenvalue weighted by Gasteiger charge is 2.14. The van der Waals surface area contributed by atoms with Crippen molar-refractivity contribution in [3.63, 3.8) is 0 Å². The molecule has 1 heterocycles. The molecule has 0 atom stereocenters. The Balaban J connectivity index is 1.50. The van der Waals surface area contributed by atoms with Gasteiger partial charge in [-0.05, 0) is 70.2 Å². The van der Waals surface area contributed by atoms with Crippen molar-refractivity contribution in [2.24, 2.45) is 0 Å². The molecule has 0 spiro atoms.